The summed E-state index contributed by atoms with van der Waals surface area (Å²) in [7, 11) is -2.11. The fourth-order valence-electron chi connectivity index (χ4n) is 3.04. The van der Waals surface area contributed by atoms with Crippen molar-refractivity contribution in [2.24, 2.45) is 5.92 Å². The van der Waals surface area contributed by atoms with Gasteiger partial charge in [-0.1, -0.05) is 62.4 Å². The highest BCUT2D eigenvalue weighted by Crippen LogP contribution is 2.38. The van der Waals surface area contributed by atoms with E-state index in [1.807, 2.05) is 24.0 Å². The van der Waals surface area contributed by atoms with Gasteiger partial charge in [0.05, 0.1) is 18.1 Å². The number of aliphatic hydroxyl groups excluding tert-OH is 1. The molecule has 0 aliphatic carbocycles. The molecule has 5 atom stereocenters. The first-order valence-corrected chi connectivity index (χ1v) is 14.5. The predicted octanol–water partition coefficient (Wildman–Crippen LogP) is 5.12. The number of carbonyl (C=O) groups excluding carboxylic acids is 1. The lowest BCUT2D eigenvalue weighted by Crippen LogP contribution is -2.46. The summed E-state index contributed by atoms with van der Waals surface area (Å²) in [5, 5.41) is 21.3. The van der Waals surface area contributed by atoms with Crippen LogP contribution in [0.25, 0.3) is 0 Å². The van der Waals surface area contributed by atoms with Crippen LogP contribution in [0.5, 0.6) is 0 Å². The Bertz CT molecular complexity index is 621. The molecule has 0 saturated carbocycles. The molecule has 1 aliphatic rings. The van der Waals surface area contributed by atoms with E-state index in [4.69, 9.17) is 9.16 Å². The average Bonchev–Trinajstić information content (AvgIpc) is 2.59. The largest absolute Gasteiger partial charge is 0.457 e. The Morgan fingerprint density at radius 3 is 2.48 bits per heavy atom. The second-order valence-electron chi connectivity index (χ2n) is 10.1. The molecule has 5 unspecified atom stereocenters. The van der Waals surface area contributed by atoms with Crippen molar-refractivity contribution in [2.45, 2.75) is 103 Å². The number of halogens is 1. The van der Waals surface area contributed by atoms with Crippen molar-refractivity contribution in [2.75, 3.05) is 0 Å². The van der Waals surface area contributed by atoms with E-state index in [0.29, 0.717) is 12.8 Å². The lowest BCUT2D eigenvalue weighted by Gasteiger charge is -2.40. The first-order chi connectivity index (χ1) is 13.1. The molecule has 168 valence electrons. The molecule has 29 heavy (non-hydrogen) atoms. The Hall–Kier alpha value is -0.223. The normalized spacial score (nSPS) is 33.6. The van der Waals surface area contributed by atoms with E-state index in [1.54, 1.807) is 13.0 Å². The van der Waals surface area contributed by atoms with Crippen LogP contribution in [0.15, 0.2) is 21.8 Å². The molecule has 0 aromatic rings. The third-order valence-corrected chi connectivity index (χ3v) is 11.7. The van der Waals surface area contributed by atoms with Gasteiger partial charge >= 0.3 is 5.97 Å². The second-order valence-corrected chi connectivity index (χ2v) is 15.4. The fourth-order valence-corrected chi connectivity index (χ4v) is 4.78. The molecule has 1 rings (SSSR count). The second kappa shape index (κ2) is 10.4. The Morgan fingerprint density at radius 2 is 1.97 bits per heavy atom. The van der Waals surface area contributed by atoms with Crippen molar-refractivity contribution in [1.82, 2.24) is 0 Å². The van der Waals surface area contributed by atoms with E-state index < -0.39 is 26.1 Å². The smallest absolute Gasteiger partial charge is 0.308 e. The highest BCUT2D eigenvalue weighted by Gasteiger charge is 2.41. The van der Waals surface area contributed by atoms with E-state index >= 15 is 0 Å². The molecular formula is C22H39IO5Si. The summed E-state index contributed by atoms with van der Waals surface area (Å²) >= 11 is 2.14. The van der Waals surface area contributed by atoms with Crippen LogP contribution in [0, 0.1) is 5.92 Å². The van der Waals surface area contributed by atoms with Gasteiger partial charge in [-0.3, -0.25) is 4.79 Å². The van der Waals surface area contributed by atoms with Crippen molar-refractivity contribution in [1.29, 1.82) is 0 Å². The zero-order valence-electron chi connectivity index (χ0n) is 19.2. The molecule has 2 N–H and O–H groups in total. The quantitative estimate of drug-likeness (QED) is 0.226. The number of esters is 1. The minimum atomic E-state index is -2.11. The minimum absolute atomic E-state index is 0.00292. The number of carbonyl (C=O) groups is 1. The van der Waals surface area contributed by atoms with Gasteiger partial charge in [-0.05, 0) is 54.5 Å². The van der Waals surface area contributed by atoms with Gasteiger partial charge in [0.15, 0.2) is 8.32 Å². The summed E-state index contributed by atoms with van der Waals surface area (Å²) in [5.74, 6) is -0.424. The monoisotopic (exact) mass is 538 g/mol. The van der Waals surface area contributed by atoms with E-state index in [0.717, 1.165) is 5.57 Å². The lowest BCUT2D eigenvalue weighted by molar-refractivity contribution is -0.151. The van der Waals surface area contributed by atoms with Gasteiger partial charge in [0.1, 0.15) is 12.2 Å². The van der Waals surface area contributed by atoms with Crippen molar-refractivity contribution in [3.8, 4) is 0 Å². The predicted molar refractivity (Wildman–Crippen MR) is 129 cm³/mol. The number of hydrogen-bond donors (Lipinski definition) is 2. The Balaban J connectivity index is 3.23. The van der Waals surface area contributed by atoms with Crippen molar-refractivity contribution >= 4 is 36.9 Å². The maximum absolute atomic E-state index is 12.8. The molecule has 0 spiro atoms. The molecule has 0 radical (unpaired) electrons. The first kappa shape index (κ1) is 26.8. The fraction of sp³-hybridized carbons (Fsp3) is 0.773. The van der Waals surface area contributed by atoms with E-state index in [-0.39, 0.29) is 29.5 Å². The van der Waals surface area contributed by atoms with Gasteiger partial charge in [-0.25, -0.2) is 0 Å². The van der Waals surface area contributed by atoms with Gasteiger partial charge < -0.3 is 19.4 Å². The zero-order valence-corrected chi connectivity index (χ0v) is 22.3. The lowest BCUT2D eigenvalue weighted by atomic mass is 9.89. The summed E-state index contributed by atoms with van der Waals surface area (Å²) in [6.45, 7) is 16.3. The molecule has 0 amide bonds. The number of cyclic esters (lactones) is 1. The highest BCUT2D eigenvalue weighted by atomic mass is 127. The van der Waals surface area contributed by atoms with Crippen LogP contribution in [0.1, 0.15) is 60.8 Å². The van der Waals surface area contributed by atoms with Crippen LogP contribution in [0.4, 0.5) is 0 Å². The summed E-state index contributed by atoms with van der Waals surface area (Å²) in [4.78, 5) is 12.8. The Labute approximate surface area is 191 Å². The minimum Gasteiger partial charge on any atom is -0.457 e. The standard InChI is InChI=1S/C22H39IO5Si/c1-15-9-10-18(24)22(6,26)12-11-17(28-29(7,8)21(3,4)5)13-19(25)27-20(15)16(2)14-23/h9-10,14-15,17-18,20,24,26H,11-13H2,1-8H3/b10-9?,16-14+. The van der Waals surface area contributed by atoms with Gasteiger partial charge in [0, 0.05) is 5.92 Å². The third kappa shape index (κ3) is 7.76. The summed E-state index contributed by atoms with van der Waals surface area (Å²) in [6.07, 6.45) is 2.59. The van der Waals surface area contributed by atoms with E-state index in [2.05, 4.69) is 56.5 Å². The summed E-state index contributed by atoms with van der Waals surface area (Å²) < 4.78 is 14.2. The maximum Gasteiger partial charge on any atom is 0.308 e. The Kier molecular flexibility index (Phi) is 9.61. The van der Waals surface area contributed by atoms with Crippen LogP contribution < -0.4 is 0 Å². The van der Waals surface area contributed by atoms with Crippen LogP contribution in [-0.2, 0) is 14.0 Å². The van der Waals surface area contributed by atoms with E-state index in [1.165, 1.54) is 0 Å². The molecule has 0 aromatic carbocycles. The van der Waals surface area contributed by atoms with Crippen molar-refractivity contribution in [3.05, 3.63) is 21.8 Å². The third-order valence-electron chi connectivity index (χ3n) is 6.23. The number of ether oxygens (including phenoxy) is 1. The van der Waals surface area contributed by atoms with Gasteiger partial charge in [-0.15, -0.1) is 0 Å². The molecular weight excluding hydrogens is 499 g/mol. The van der Waals surface area contributed by atoms with Gasteiger partial charge in [0.2, 0.25) is 0 Å². The van der Waals surface area contributed by atoms with Crippen LogP contribution >= 0.6 is 22.6 Å². The molecule has 7 heteroatoms. The van der Waals surface area contributed by atoms with Crippen LogP contribution in [0.2, 0.25) is 18.1 Å². The number of aliphatic hydroxyl groups is 2. The molecule has 0 saturated heterocycles. The molecule has 0 fully saturated rings. The van der Waals surface area contributed by atoms with Crippen LogP contribution in [-0.4, -0.2) is 48.4 Å². The topological polar surface area (TPSA) is 76.0 Å². The first-order valence-electron chi connectivity index (χ1n) is 10.3. The highest BCUT2D eigenvalue weighted by molar-refractivity contribution is 14.1. The number of rotatable bonds is 3. The van der Waals surface area contributed by atoms with Gasteiger partial charge in [-0.2, -0.15) is 0 Å². The zero-order chi connectivity index (χ0) is 22.6. The van der Waals surface area contributed by atoms with Crippen LogP contribution in [0.3, 0.4) is 0 Å². The average molecular weight is 539 g/mol. The molecule has 1 heterocycles. The van der Waals surface area contributed by atoms with Gasteiger partial charge in [0.25, 0.3) is 0 Å². The summed E-state index contributed by atoms with van der Waals surface area (Å²) in [6, 6.07) is 0. The van der Waals surface area contributed by atoms with Crippen molar-refractivity contribution in [3.63, 3.8) is 0 Å². The maximum atomic E-state index is 12.8. The Morgan fingerprint density at radius 1 is 1.38 bits per heavy atom. The molecule has 1 aliphatic heterocycles. The van der Waals surface area contributed by atoms with Crippen molar-refractivity contribution < 1.29 is 24.2 Å². The summed E-state index contributed by atoms with van der Waals surface area (Å²) in [5.41, 5.74) is -0.353. The molecule has 5 nitrogen and oxygen atoms in total. The van der Waals surface area contributed by atoms with E-state index in [9.17, 15) is 15.0 Å². The SMILES string of the molecule is C/C(=C\I)C1OC(=O)CC(O[Si](C)(C)C(C)(C)C)CCC(C)(O)C(O)C=CC1C. The molecule has 0 aromatic heterocycles. The number of hydrogen-bond acceptors (Lipinski definition) is 5. The molecule has 0 bridgehead atoms.